The molecule has 9 nitrogen and oxygen atoms in total. The van der Waals surface area contributed by atoms with Crippen molar-refractivity contribution in [2.24, 2.45) is 15.9 Å². The number of nitrogens with one attached hydrogen (secondary N) is 1. The summed E-state index contributed by atoms with van der Waals surface area (Å²) in [6.45, 7) is 1.96. The number of rotatable bonds is 9. The zero-order valence-corrected chi connectivity index (χ0v) is 20.2. The molecule has 0 spiro atoms. The van der Waals surface area contributed by atoms with Gasteiger partial charge in [0.15, 0.2) is 0 Å². The Morgan fingerprint density at radius 3 is 2.80 bits per heavy atom. The first-order chi connectivity index (χ1) is 17.1. The molecule has 1 atom stereocenters. The number of nitrogens with two attached hydrogens (primary N) is 1. The predicted octanol–water partition coefficient (Wildman–Crippen LogP) is 3.95. The summed E-state index contributed by atoms with van der Waals surface area (Å²) in [7, 11) is 1.57. The number of amides is 1. The number of aliphatic imine (C=N–C) groups is 1. The van der Waals surface area contributed by atoms with Crippen LogP contribution in [0.4, 0.5) is 4.79 Å². The van der Waals surface area contributed by atoms with Crippen molar-refractivity contribution in [1.82, 2.24) is 9.88 Å². The first-order valence-electron chi connectivity index (χ1n) is 11.3. The number of aromatic nitrogens is 1. The molecule has 10 heteroatoms. The fraction of sp³-hybridized carbons (Fsp3) is 0.320. The minimum atomic E-state index is -0.381. The van der Waals surface area contributed by atoms with Crippen molar-refractivity contribution < 1.29 is 19.0 Å². The van der Waals surface area contributed by atoms with Crippen LogP contribution in [0.25, 0.3) is 10.9 Å². The van der Waals surface area contributed by atoms with E-state index in [1.807, 2.05) is 42.5 Å². The Morgan fingerprint density at radius 2 is 2.03 bits per heavy atom. The molecule has 0 aliphatic carbocycles. The SMILES string of the molecule is COCCOC(=O)N1CCc2c([nH]c3ccc(Cl)cc23)C1c1ccc(OCCN=CC=NN)cc1. The van der Waals surface area contributed by atoms with Crippen LogP contribution < -0.4 is 10.6 Å². The molecule has 184 valence electrons. The van der Waals surface area contributed by atoms with Gasteiger partial charge in [0.1, 0.15) is 25.0 Å². The molecule has 1 aliphatic rings. The minimum absolute atomic E-state index is 0.195. The van der Waals surface area contributed by atoms with E-state index < -0.39 is 0 Å². The lowest BCUT2D eigenvalue weighted by Crippen LogP contribution is -2.41. The van der Waals surface area contributed by atoms with Crippen LogP contribution in [0.1, 0.15) is 22.9 Å². The monoisotopic (exact) mass is 497 g/mol. The average Bonchev–Trinajstić information content (AvgIpc) is 3.24. The Morgan fingerprint density at radius 1 is 1.20 bits per heavy atom. The first kappa shape index (κ1) is 24.6. The van der Waals surface area contributed by atoms with Gasteiger partial charge in [0.05, 0.1) is 19.4 Å². The second-order valence-electron chi connectivity index (χ2n) is 7.93. The normalized spacial score (nSPS) is 15.7. The summed E-state index contributed by atoms with van der Waals surface area (Å²) in [6.07, 6.45) is 3.26. The number of fused-ring (bicyclic) bond motifs is 3. The second kappa shape index (κ2) is 11.7. The zero-order valence-electron chi connectivity index (χ0n) is 19.4. The van der Waals surface area contributed by atoms with Crippen molar-refractivity contribution in [3.8, 4) is 5.75 Å². The Kier molecular flexibility index (Phi) is 8.23. The molecule has 3 N–H and O–H groups in total. The summed E-state index contributed by atoms with van der Waals surface area (Å²) in [5.41, 5.74) is 4.05. The molecule has 0 fully saturated rings. The Bertz CT molecular complexity index is 1210. The lowest BCUT2D eigenvalue weighted by atomic mass is 9.92. The van der Waals surface area contributed by atoms with Gasteiger partial charge in [-0.3, -0.25) is 9.89 Å². The third-order valence-electron chi connectivity index (χ3n) is 5.78. The highest BCUT2D eigenvalue weighted by atomic mass is 35.5. The van der Waals surface area contributed by atoms with E-state index in [4.69, 9.17) is 31.7 Å². The summed E-state index contributed by atoms with van der Waals surface area (Å²) in [5, 5.41) is 5.10. The Balaban J connectivity index is 1.59. The quantitative estimate of drug-likeness (QED) is 0.201. The van der Waals surface area contributed by atoms with Gasteiger partial charge in [-0.1, -0.05) is 23.7 Å². The molecule has 35 heavy (non-hydrogen) atoms. The van der Waals surface area contributed by atoms with Crippen molar-refractivity contribution in [1.29, 1.82) is 0 Å². The highest BCUT2D eigenvalue weighted by molar-refractivity contribution is 6.31. The van der Waals surface area contributed by atoms with Crippen LogP contribution in [-0.4, -0.2) is 68.4 Å². The van der Waals surface area contributed by atoms with Crippen LogP contribution in [0, 0.1) is 0 Å². The fourth-order valence-electron chi connectivity index (χ4n) is 4.22. The fourth-order valence-corrected chi connectivity index (χ4v) is 4.39. The van der Waals surface area contributed by atoms with Crippen molar-refractivity contribution in [3.63, 3.8) is 0 Å². The van der Waals surface area contributed by atoms with Gasteiger partial charge >= 0.3 is 6.09 Å². The minimum Gasteiger partial charge on any atom is -0.492 e. The standard InChI is InChI=1S/C25H28ClN5O4/c1-33-14-15-35-25(32)31-12-8-20-21-16-18(26)4-7-22(21)30-23(20)24(31)17-2-5-19(6-3-17)34-13-11-28-9-10-29-27/h2-7,9-10,16,24,30H,8,11-15,27H2,1H3. The van der Waals surface area contributed by atoms with Crippen LogP contribution in [0.5, 0.6) is 5.75 Å². The molecule has 4 rings (SSSR count). The number of hydrogen-bond acceptors (Lipinski definition) is 7. The highest BCUT2D eigenvalue weighted by Gasteiger charge is 2.35. The number of halogens is 1. The number of carbonyl (C=O) groups is 1. The van der Waals surface area contributed by atoms with Crippen LogP contribution in [0.15, 0.2) is 52.6 Å². The number of methoxy groups -OCH3 is 1. The Labute approximate surface area is 208 Å². The summed E-state index contributed by atoms with van der Waals surface area (Å²) in [5.74, 6) is 5.74. The number of aromatic amines is 1. The van der Waals surface area contributed by atoms with Crippen molar-refractivity contribution in [2.75, 3.05) is 40.0 Å². The largest absolute Gasteiger partial charge is 0.492 e. The maximum absolute atomic E-state index is 13.0. The molecule has 1 amide bonds. The van der Waals surface area contributed by atoms with E-state index in [1.165, 1.54) is 12.4 Å². The molecule has 3 aromatic rings. The predicted molar refractivity (Wildman–Crippen MR) is 137 cm³/mol. The summed E-state index contributed by atoms with van der Waals surface area (Å²) in [6, 6.07) is 13.2. The molecule has 2 aromatic carbocycles. The van der Waals surface area contributed by atoms with Crippen molar-refractivity contribution in [2.45, 2.75) is 12.5 Å². The molecule has 0 bridgehead atoms. The van der Waals surface area contributed by atoms with Gasteiger partial charge in [0.25, 0.3) is 0 Å². The lowest BCUT2D eigenvalue weighted by molar-refractivity contribution is 0.0629. The maximum Gasteiger partial charge on any atom is 0.410 e. The molecule has 0 saturated carbocycles. The molecular formula is C25H28ClN5O4. The number of hydrazone groups is 1. The van der Waals surface area contributed by atoms with Crippen molar-refractivity contribution >= 4 is 41.0 Å². The zero-order chi connectivity index (χ0) is 24.6. The molecule has 1 unspecified atom stereocenters. The summed E-state index contributed by atoms with van der Waals surface area (Å²) >= 11 is 6.27. The third-order valence-corrected chi connectivity index (χ3v) is 6.01. The summed E-state index contributed by atoms with van der Waals surface area (Å²) < 4.78 is 16.3. The van der Waals surface area contributed by atoms with Gasteiger partial charge < -0.3 is 25.0 Å². The number of hydrogen-bond donors (Lipinski definition) is 2. The van der Waals surface area contributed by atoms with Crippen molar-refractivity contribution in [3.05, 3.63) is 64.3 Å². The second-order valence-corrected chi connectivity index (χ2v) is 8.37. The van der Waals surface area contributed by atoms with Gasteiger partial charge in [-0.2, -0.15) is 5.10 Å². The van der Waals surface area contributed by atoms with Gasteiger partial charge in [0.2, 0.25) is 0 Å². The van der Waals surface area contributed by atoms with E-state index in [1.54, 1.807) is 12.0 Å². The number of nitrogens with zero attached hydrogens (tertiary/aromatic N) is 3. The number of benzene rings is 2. The number of ether oxygens (including phenoxy) is 3. The Hall–Kier alpha value is -3.56. The van der Waals surface area contributed by atoms with Gasteiger partial charge in [-0.05, 0) is 47.9 Å². The van der Waals surface area contributed by atoms with Crippen LogP contribution >= 0.6 is 11.6 Å². The van der Waals surface area contributed by atoms with Crippen LogP contribution in [-0.2, 0) is 15.9 Å². The molecule has 0 radical (unpaired) electrons. The topological polar surface area (TPSA) is 115 Å². The van der Waals surface area contributed by atoms with Gasteiger partial charge in [-0.15, -0.1) is 0 Å². The van der Waals surface area contributed by atoms with E-state index in [0.717, 1.165) is 27.7 Å². The summed E-state index contributed by atoms with van der Waals surface area (Å²) in [4.78, 5) is 22.4. The highest BCUT2D eigenvalue weighted by Crippen LogP contribution is 2.39. The molecular weight excluding hydrogens is 470 g/mol. The molecule has 0 saturated heterocycles. The van der Waals surface area contributed by atoms with E-state index in [-0.39, 0.29) is 18.7 Å². The van der Waals surface area contributed by atoms with E-state index in [2.05, 4.69) is 15.1 Å². The van der Waals surface area contributed by atoms with E-state index >= 15 is 0 Å². The molecule has 2 heterocycles. The number of carbonyl (C=O) groups excluding carboxylic acids is 1. The number of H-pyrrole nitrogens is 1. The lowest BCUT2D eigenvalue weighted by Gasteiger charge is -2.35. The van der Waals surface area contributed by atoms with Gasteiger partial charge in [-0.25, -0.2) is 4.79 Å². The third kappa shape index (κ3) is 5.75. The van der Waals surface area contributed by atoms with E-state index in [9.17, 15) is 4.79 Å². The van der Waals surface area contributed by atoms with E-state index in [0.29, 0.717) is 43.5 Å². The molecule has 1 aliphatic heterocycles. The molecule has 1 aromatic heterocycles. The maximum atomic E-state index is 13.0. The smallest absolute Gasteiger partial charge is 0.410 e. The first-order valence-corrected chi connectivity index (χ1v) is 11.7. The van der Waals surface area contributed by atoms with Crippen LogP contribution in [0.3, 0.4) is 0 Å². The van der Waals surface area contributed by atoms with Gasteiger partial charge in [0, 0.05) is 41.5 Å². The average molecular weight is 498 g/mol. The van der Waals surface area contributed by atoms with Crippen LogP contribution in [0.2, 0.25) is 5.02 Å².